The molecule has 1 heterocycles. The second-order valence-electron chi connectivity index (χ2n) is 6.52. The summed E-state index contributed by atoms with van der Waals surface area (Å²) in [5.74, 6) is -0.771. The predicted molar refractivity (Wildman–Crippen MR) is 105 cm³/mol. The van der Waals surface area contributed by atoms with Crippen molar-refractivity contribution in [1.82, 2.24) is 0 Å². The average molecular weight is 383 g/mol. The minimum Gasteiger partial charge on any atom is -0.497 e. The van der Waals surface area contributed by atoms with Gasteiger partial charge in [-0.1, -0.05) is 25.1 Å². The van der Waals surface area contributed by atoms with Crippen molar-refractivity contribution in [2.45, 2.75) is 19.8 Å². The molecule has 8 heteroatoms. The number of nitrogens with zero attached hydrogens (tertiary/aromatic N) is 2. The summed E-state index contributed by atoms with van der Waals surface area (Å²) in [7, 11) is 1.44. The van der Waals surface area contributed by atoms with E-state index < -0.39 is 16.7 Å². The number of anilines is 2. The fraction of sp³-hybridized carbons (Fsp3) is 0.300. The first-order valence-electron chi connectivity index (χ1n) is 8.96. The van der Waals surface area contributed by atoms with E-state index in [9.17, 15) is 19.7 Å². The number of rotatable bonds is 6. The number of hydrogen-bond acceptors (Lipinski definition) is 5. The van der Waals surface area contributed by atoms with Crippen LogP contribution in [0.4, 0.5) is 17.1 Å². The lowest BCUT2D eigenvalue weighted by Gasteiger charge is -2.20. The molecule has 2 amide bonds. The van der Waals surface area contributed by atoms with E-state index in [1.165, 1.54) is 25.3 Å². The highest BCUT2D eigenvalue weighted by Crippen LogP contribution is 2.32. The van der Waals surface area contributed by atoms with Crippen LogP contribution in [-0.2, 0) is 16.0 Å². The van der Waals surface area contributed by atoms with Gasteiger partial charge in [-0.25, -0.2) is 0 Å². The van der Waals surface area contributed by atoms with Crippen molar-refractivity contribution in [1.29, 1.82) is 0 Å². The predicted octanol–water partition coefficient (Wildman–Crippen LogP) is 3.16. The van der Waals surface area contributed by atoms with Gasteiger partial charge in [0.1, 0.15) is 11.4 Å². The zero-order chi connectivity index (χ0) is 20.3. The number of nitro groups is 1. The Bertz CT molecular complexity index is 928. The zero-order valence-electron chi connectivity index (χ0n) is 15.7. The number of ether oxygens (including phenoxy) is 1. The van der Waals surface area contributed by atoms with Crippen LogP contribution in [0.3, 0.4) is 0 Å². The molecule has 1 N–H and O–H groups in total. The van der Waals surface area contributed by atoms with Gasteiger partial charge in [0.25, 0.3) is 5.69 Å². The molecule has 2 aromatic rings. The summed E-state index contributed by atoms with van der Waals surface area (Å²) in [6.07, 6.45) is 0.828. The Labute approximate surface area is 162 Å². The number of methoxy groups -OCH3 is 1. The highest BCUT2D eigenvalue weighted by atomic mass is 16.6. The Hall–Kier alpha value is -3.42. The molecule has 0 unspecified atom stereocenters. The summed E-state index contributed by atoms with van der Waals surface area (Å²) in [5.41, 5.74) is 1.65. The summed E-state index contributed by atoms with van der Waals surface area (Å²) in [6, 6.07) is 11.7. The molecule has 3 rings (SSSR count). The number of para-hydroxylation sites is 1. The van der Waals surface area contributed by atoms with Gasteiger partial charge >= 0.3 is 0 Å². The van der Waals surface area contributed by atoms with Crippen molar-refractivity contribution in [2.75, 3.05) is 23.9 Å². The summed E-state index contributed by atoms with van der Waals surface area (Å²) in [4.78, 5) is 37.5. The van der Waals surface area contributed by atoms with Crippen LogP contribution in [0, 0.1) is 16.0 Å². The van der Waals surface area contributed by atoms with Crippen molar-refractivity contribution >= 4 is 28.9 Å². The number of benzene rings is 2. The molecule has 2 aromatic carbocycles. The van der Waals surface area contributed by atoms with E-state index in [2.05, 4.69) is 5.32 Å². The van der Waals surface area contributed by atoms with Crippen molar-refractivity contribution < 1.29 is 19.2 Å². The van der Waals surface area contributed by atoms with Crippen LogP contribution < -0.4 is 15.0 Å². The maximum absolute atomic E-state index is 12.7. The molecule has 1 atom stereocenters. The van der Waals surface area contributed by atoms with Crippen molar-refractivity contribution in [3.05, 3.63) is 58.1 Å². The van der Waals surface area contributed by atoms with E-state index in [0.717, 1.165) is 17.7 Å². The minimum absolute atomic E-state index is 0.0502. The topological polar surface area (TPSA) is 102 Å². The van der Waals surface area contributed by atoms with Crippen LogP contribution in [0.25, 0.3) is 0 Å². The maximum Gasteiger partial charge on any atom is 0.293 e. The highest BCUT2D eigenvalue weighted by molar-refractivity contribution is 6.04. The van der Waals surface area contributed by atoms with Crippen LogP contribution in [0.5, 0.6) is 5.75 Å². The van der Waals surface area contributed by atoms with Crippen LogP contribution in [0.2, 0.25) is 0 Å². The Balaban J connectivity index is 1.80. The van der Waals surface area contributed by atoms with Gasteiger partial charge in [0.15, 0.2) is 0 Å². The van der Waals surface area contributed by atoms with E-state index in [1.807, 2.05) is 31.2 Å². The van der Waals surface area contributed by atoms with Crippen LogP contribution in [0.1, 0.15) is 18.9 Å². The third-order valence-electron chi connectivity index (χ3n) is 4.82. The van der Waals surface area contributed by atoms with Gasteiger partial charge in [0.05, 0.1) is 18.0 Å². The Kier molecular flexibility index (Phi) is 5.58. The van der Waals surface area contributed by atoms with Gasteiger partial charge in [-0.05, 0) is 24.1 Å². The third kappa shape index (κ3) is 3.80. The minimum atomic E-state index is -0.594. The molecule has 1 aliphatic heterocycles. The number of amides is 2. The number of carbonyl (C=O) groups is 2. The van der Waals surface area contributed by atoms with Crippen LogP contribution in [0.15, 0.2) is 42.5 Å². The fourth-order valence-corrected chi connectivity index (χ4v) is 3.33. The Morgan fingerprint density at radius 1 is 1.32 bits per heavy atom. The number of nitro benzene ring substituents is 1. The largest absolute Gasteiger partial charge is 0.497 e. The van der Waals surface area contributed by atoms with E-state index in [4.69, 9.17) is 4.74 Å². The van der Waals surface area contributed by atoms with E-state index in [0.29, 0.717) is 5.75 Å². The zero-order valence-corrected chi connectivity index (χ0v) is 15.7. The number of aryl methyl sites for hydroxylation is 1. The van der Waals surface area contributed by atoms with E-state index in [-0.39, 0.29) is 30.2 Å². The van der Waals surface area contributed by atoms with E-state index in [1.54, 1.807) is 4.90 Å². The highest BCUT2D eigenvalue weighted by Gasteiger charge is 2.36. The monoisotopic (exact) mass is 383 g/mol. The first-order valence-corrected chi connectivity index (χ1v) is 8.96. The Morgan fingerprint density at radius 2 is 2.07 bits per heavy atom. The van der Waals surface area contributed by atoms with Gasteiger partial charge in [0.2, 0.25) is 11.8 Å². The molecule has 8 nitrogen and oxygen atoms in total. The smallest absolute Gasteiger partial charge is 0.293 e. The second kappa shape index (κ2) is 8.08. The Morgan fingerprint density at radius 3 is 2.75 bits per heavy atom. The molecule has 0 saturated carbocycles. The molecule has 28 heavy (non-hydrogen) atoms. The number of nitrogens with one attached hydrogen (secondary N) is 1. The van der Waals surface area contributed by atoms with Crippen molar-refractivity contribution in [3.8, 4) is 5.75 Å². The first-order chi connectivity index (χ1) is 13.4. The molecule has 1 fully saturated rings. The second-order valence-corrected chi connectivity index (χ2v) is 6.52. The lowest BCUT2D eigenvalue weighted by molar-refractivity contribution is -0.383. The molecule has 0 aromatic heterocycles. The standard InChI is InChI=1S/C20H21N3O5/c1-3-13-6-4-5-7-17(13)22-12-14(10-19(22)24)20(25)21-16-11-15(28-2)8-9-18(16)23(26)27/h4-9,11,14H,3,10,12H2,1-2H3,(H,21,25)/t14-/m0/s1. The lowest BCUT2D eigenvalue weighted by Crippen LogP contribution is -2.28. The first kappa shape index (κ1) is 19.3. The summed E-state index contributed by atoms with van der Waals surface area (Å²) >= 11 is 0. The molecule has 0 radical (unpaired) electrons. The van der Waals surface area contributed by atoms with Gasteiger partial charge < -0.3 is 15.0 Å². The van der Waals surface area contributed by atoms with Crippen molar-refractivity contribution in [3.63, 3.8) is 0 Å². The molecule has 0 bridgehead atoms. The molecule has 146 valence electrons. The van der Waals surface area contributed by atoms with Gasteiger partial charge in [0, 0.05) is 30.8 Å². The lowest BCUT2D eigenvalue weighted by atomic mass is 10.1. The van der Waals surface area contributed by atoms with Gasteiger partial charge in [-0.2, -0.15) is 0 Å². The average Bonchev–Trinajstić information content (AvgIpc) is 3.09. The SMILES string of the molecule is CCc1ccccc1N1C[C@@H](C(=O)Nc2cc(OC)ccc2[N+](=O)[O-])CC1=O. The fourth-order valence-electron chi connectivity index (χ4n) is 3.33. The maximum atomic E-state index is 12.7. The normalized spacial score (nSPS) is 16.1. The van der Waals surface area contributed by atoms with Gasteiger partial charge in [-0.3, -0.25) is 19.7 Å². The van der Waals surface area contributed by atoms with Crippen molar-refractivity contribution in [2.24, 2.45) is 5.92 Å². The summed E-state index contributed by atoms with van der Waals surface area (Å²) < 4.78 is 5.08. The van der Waals surface area contributed by atoms with Gasteiger partial charge in [-0.15, -0.1) is 0 Å². The molecule has 0 aliphatic carbocycles. The molecule has 0 spiro atoms. The molecular weight excluding hydrogens is 362 g/mol. The van der Waals surface area contributed by atoms with Crippen LogP contribution in [-0.4, -0.2) is 30.4 Å². The molecule has 1 saturated heterocycles. The molecular formula is C20H21N3O5. The quantitative estimate of drug-likeness (QED) is 0.610. The van der Waals surface area contributed by atoms with Crippen LogP contribution >= 0.6 is 0 Å². The summed E-state index contributed by atoms with van der Waals surface area (Å²) in [5, 5.41) is 13.8. The molecule has 1 aliphatic rings. The number of hydrogen-bond donors (Lipinski definition) is 1. The number of carbonyl (C=O) groups excluding carboxylic acids is 2. The summed E-state index contributed by atoms with van der Waals surface area (Å²) in [6.45, 7) is 2.24. The van der Waals surface area contributed by atoms with E-state index >= 15 is 0 Å². The third-order valence-corrected chi connectivity index (χ3v) is 4.82.